The first-order valence-electron chi connectivity index (χ1n) is 8.00. The molecule has 24 heavy (non-hydrogen) atoms. The molecule has 130 valence electrons. The fourth-order valence-electron chi connectivity index (χ4n) is 2.52. The molecule has 1 atom stereocenters. The highest BCUT2D eigenvalue weighted by molar-refractivity contribution is 5.97. The van der Waals surface area contributed by atoms with Crippen molar-refractivity contribution in [1.29, 1.82) is 0 Å². The lowest BCUT2D eigenvalue weighted by atomic mass is 10.0. The number of hydrogen-bond donors (Lipinski definition) is 2. The minimum Gasteiger partial charge on any atom is -0.354 e. The van der Waals surface area contributed by atoms with E-state index in [2.05, 4.69) is 10.6 Å². The van der Waals surface area contributed by atoms with Crippen molar-refractivity contribution in [3.63, 3.8) is 0 Å². The first-order valence-corrected chi connectivity index (χ1v) is 8.00. The van der Waals surface area contributed by atoms with Crippen LogP contribution in [0.1, 0.15) is 30.6 Å². The van der Waals surface area contributed by atoms with Crippen molar-refractivity contribution in [3.05, 3.63) is 35.6 Å². The topological polar surface area (TPSA) is 78.5 Å². The third-order valence-corrected chi connectivity index (χ3v) is 3.95. The van der Waals surface area contributed by atoms with Crippen LogP contribution in [-0.4, -0.2) is 48.3 Å². The molecule has 2 N–H and O–H groups in total. The normalized spacial score (nSPS) is 16.3. The van der Waals surface area contributed by atoms with Gasteiger partial charge in [-0.15, -0.1) is 0 Å². The predicted molar refractivity (Wildman–Crippen MR) is 86.7 cm³/mol. The van der Waals surface area contributed by atoms with Crippen LogP contribution in [0.5, 0.6) is 0 Å². The molecule has 0 aromatic heterocycles. The molecule has 0 spiro atoms. The van der Waals surface area contributed by atoms with Crippen LogP contribution in [0.4, 0.5) is 4.39 Å². The number of rotatable bonds is 4. The molecule has 1 aliphatic rings. The lowest BCUT2D eigenvalue weighted by molar-refractivity contribution is -0.134. The van der Waals surface area contributed by atoms with E-state index in [1.165, 1.54) is 24.3 Å². The summed E-state index contributed by atoms with van der Waals surface area (Å²) in [7, 11) is 0. The molecule has 0 aliphatic carbocycles. The van der Waals surface area contributed by atoms with Crippen molar-refractivity contribution < 1.29 is 18.8 Å². The predicted octanol–water partition coefficient (Wildman–Crippen LogP) is 0.929. The number of amides is 3. The van der Waals surface area contributed by atoms with Gasteiger partial charge in [0.05, 0.1) is 0 Å². The van der Waals surface area contributed by atoms with E-state index in [0.717, 1.165) is 0 Å². The van der Waals surface area contributed by atoms with Gasteiger partial charge >= 0.3 is 0 Å². The summed E-state index contributed by atoms with van der Waals surface area (Å²) < 4.78 is 13.0. The van der Waals surface area contributed by atoms with E-state index in [1.807, 2.05) is 13.8 Å². The Hall–Kier alpha value is -2.44. The van der Waals surface area contributed by atoms with Gasteiger partial charge in [-0.1, -0.05) is 13.8 Å². The summed E-state index contributed by atoms with van der Waals surface area (Å²) >= 11 is 0. The van der Waals surface area contributed by atoms with E-state index >= 15 is 0 Å². The second-order valence-corrected chi connectivity index (χ2v) is 6.13. The highest BCUT2D eigenvalue weighted by atomic mass is 19.1. The first-order chi connectivity index (χ1) is 11.4. The van der Waals surface area contributed by atoms with E-state index in [-0.39, 0.29) is 24.2 Å². The quantitative estimate of drug-likeness (QED) is 0.859. The number of hydrogen-bond acceptors (Lipinski definition) is 3. The third-order valence-electron chi connectivity index (χ3n) is 3.95. The van der Waals surface area contributed by atoms with Gasteiger partial charge in [-0.2, -0.15) is 0 Å². The van der Waals surface area contributed by atoms with E-state index < -0.39 is 17.8 Å². The van der Waals surface area contributed by atoms with Crippen LogP contribution in [0, 0.1) is 11.7 Å². The average Bonchev–Trinajstić information content (AvgIpc) is 2.76. The smallest absolute Gasteiger partial charge is 0.251 e. The number of halogens is 1. The Bertz CT molecular complexity index is 616. The van der Waals surface area contributed by atoms with Gasteiger partial charge in [0.15, 0.2) is 0 Å². The molecule has 1 saturated heterocycles. The Morgan fingerprint density at radius 1 is 1.21 bits per heavy atom. The Morgan fingerprint density at radius 3 is 2.50 bits per heavy atom. The van der Waals surface area contributed by atoms with Crippen LogP contribution in [0.25, 0.3) is 0 Å². The molecule has 1 heterocycles. The monoisotopic (exact) mass is 335 g/mol. The molecule has 2 rings (SSSR count). The van der Waals surface area contributed by atoms with Gasteiger partial charge in [0.1, 0.15) is 11.9 Å². The molecule has 0 saturated carbocycles. The van der Waals surface area contributed by atoms with Gasteiger partial charge < -0.3 is 15.5 Å². The van der Waals surface area contributed by atoms with E-state index in [0.29, 0.717) is 25.2 Å². The van der Waals surface area contributed by atoms with Gasteiger partial charge in [0.2, 0.25) is 11.8 Å². The van der Waals surface area contributed by atoms with Crippen LogP contribution in [-0.2, 0) is 9.59 Å². The van der Waals surface area contributed by atoms with Gasteiger partial charge in [-0.05, 0) is 30.2 Å². The average molecular weight is 335 g/mol. The number of carbonyl (C=O) groups excluding carboxylic acids is 3. The van der Waals surface area contributed by atoms with E-state index in [1.54, 1.807) is 4.90 Å². The van der Waals surface area contributed by atoms with Crippen LogP contribution in [0.3, 0.4) is 0 Å². The number of carbonyl (C=O) groups is 3. The molecule has 0 unspecified atom stereocenters. The Labute approximate surface area is 140 Å². The van der Waals surface area contributed by atoms with Crippen molar-refractivity contribution in [2.75, 3.05) is 19.6 Å². The van der Waals surface area contributed by atoms with Gasteiger partial charge in [-0.25, -0.2) is 4.39 Å². The highest BCUT2D eigenvalue weighted by Gasteiger charge is 2.30. The summed E-state index contributed by atoms with van der Waals surface area (Å²) in [5.41, 5.74) is 0.294. The van der Waals surface area contributed by atoms with Crippen LogP contribution in [0.15, 0.2) is 24.3 Å². The van der Waals surface area contributed by atoms with Gasteiger partial charge in [0.25, 0.3) is 5.91 Å². The van der Waals surface area contributed by atoms with Crippen molar-refractivity contribution >= 4 is 17.7 Å². The lowest BCUT2D eigenvalue weighted by Crippen LogP contribution is -2.52. The maximum atomic E-state index is 13.0. The minimum atomic E-state index is -0.698. The zero-order chi connectivity index (χ0) is 17.7. The van der Waals surface area contributed by atoms with Crippen LogP contribution >= 0.6 is 0 Å². The van der Waals surface area contributed by atoms with Crippen LogP contribution in [0.2, 0.25) is 0 Å². The number of nitrogens with zero attached hydrogens (tertiary/aromatic N) is 1. The second kappa shape index (κ2) is 7.90. The fraction of sp³-hybridized carbons (Fsp3) is 0.471. The van der Waals surface area contributed by atoms with Crippen molar-refractivity contribution in [2.24, 2.45) is 5.92 Å². The molecule has 1 aromatic carbocycles. The largest absolute Gasteiger partial charge is 0.354 e. The Morgan fingerprint density at radius 2 is 1.88 bits per heavy atom. The molecule has 1 fully saturated rings. The van der Waals surface area contributed by atoms with E-state index in [4.69, 9.17) is 0 Å². The zero-order valence-electron chi connectivity index (χ0n) is 13.8. The van der Waals surface area contributed by atoms with Crippen molar-refractivity contribution in [2.45, 2.75) is 26.3 Å². The Kier molecular flexibility index (Phi) is 5.89. The summed E-state index contributed by atoms with van der Waals surface area (Å²) in [5, 5.41) is 5.44. The molecule has 7 heteroatoms. The molecule has 0 radical (unpaired) electrons. The van der Waals surface area contributed by atoms with Gasteiger partial charge in [-0.3, -0.25) is 14.4 Å². The highest BCUT2D eigenvalue weighted by Crippen LogP contribution is 2.10. The molecule has 3 amide bonds. The van der Waals surface area contributed by atoms with Crippen molar-refractivity contribution in [3.8, 4) is 0 Å². The summed E-state index contributed by atoms with van der Waals surface area (Å²) in [6.45, 7) is 4.84. The van der Waals surface area contributed by atoms with E-state index in [9.17, 15) is 18.8 Å². The minimum absolute atomic E-state index is 0.0817. The maximum Gasteiger partial charge on any atom is 0.251 e. The SMILES string of the molecule is CC(C)[C@@H](NC(=O)c1ccc(F)cc1)C(=O)N1CCNC(=O)CC1. The summed E-state index contributed by atoms with van der Waals surface area (Å²) in [6.07, 6.45) is 0.252. The van der Waals surface area contributed by atoms with Gasteiger partial charge in [0, 0.05) is 31.6 Å². The Balaban J connectivity index is 2.07. The first kappa shape index (κ1) is 17.9. The molecular formula is C17H22FN3O3. The second-order valence-electron chi connectivity index (χ2n) is 6.13. The summed E-state index contributed by atoms with van der Waals surface area (Å²) in [4.78, 5) is 38.0. The van der Waals surface area contributed by atoms with Crippen LogP contribution < -0.4 is 10.6 Å². The maximum absolute atomic E-state index is 13.0. The number of nitrogens with one attached hydrogen (secondary N) is 2. The standard InChI is InChI=1S/C17H22FN3O3/c1-11(2)15(17(24)21-9-7-14(22)19-8-10-21)20-16(23)12-3-5-13(18)6-4-12/h3-6,11,15H,7-10H2,1-2H3,(H,19,22)(H,20,23)/t15-/m1/s1. The van der Waals surface area contributed by atoms with Crippen molar-refractivity contribution in [1.82, 2.24) is 15.5 Å². The zero-order valence-corrected chi connectivity index (χ0v) is 13.8. The molecule has 1 aliphatic heterocycles. The summed E-state index contributed by atoms with van der Waals surface area (Å²) in [6, 6.07) is 4.46. The fourth-order valence-corrected chi connectivity index (χ4v) is 2.52. The third kappa shape index (κ3) is 4.53. The molecular weight excluding hydrogens is 313 g/mol. The number of benzene rings is 1. The molecule has 1 aromatic rings. The summed E-state index contributed by atoms with van der Waals surface area (Å²) in [5.74, 6) is -1.26. The lowest BCUT2D eigenvalue weighted by Gasteiger charge is -2.28. The molecule has 6 nitrogen and oxygen atoms in total. The molecule has 0 bridgehead atoms.